The molecule has 0 aliphatic carbocycles. The molecular formula is C11H16BrOP. The molecule has 0 heterocycles. The summed E-state index contributed by atoms with van der Waals surface area (Å²) in [6.07, 6.45) is 0. The summed E-state index contributed by atoms with van der Waals surface area (Å²) in [6.45, 7) is 6.47. The maximum absolute atomic E-state index is 5.13. The molecule has 0 saturated heterocycles. The van der Waals surface area contributed by atoms with Crippen LogP contribution in [0.15, 0.2) is 24.3 Å². The molecule has 0 spiro atoms. The van der Waals surface area contributed by atoms with Gasteiger partial charge in [0.05, 0.1) is 7.11 Å². The van der Waals surface area contributed by atoms with E-state index >= 15 is 0 Å². The van der Waals surface area contributed by atoms with Gasteiger partial charge in [0.25, 0.3) is 0 Å². The van der Waals surface area contributed by atoms with E-state index in [2.05, 4.69) is 48.4 Å². The van der Waals surface area contributed by atoms with Crippen molar-refractivity contribution in [3.63, 3.8) is 0 Å². The average molecular weight is 275 g/mol. The van der Waals surface area contributed by atoms with Crippen molar-refractivity contribution in [3.8, 4) is 5.75 Å². The van der Waals surface area contributed by atoms with Crippen LogP contribution in [-0.4, -0.2) is 12.3 Å². The minimum Gasteiger partial charge on any atom is -0.497 e. The van der Waals surface area contributed by atoms with Crippen LogP contribution in [0.5, 0.6) is 5.75 Å². The first kappa shape index (κ1) is 12.0. The van der Waals surface area contributed by atoms with Crippen LogP contribution >= 0.6 is 22.1 Å². The molecule has 0 bridgehead atoms. The lowest BCUT2D eigenvalue weighted by Crippen LogP contribution is -2.15. The third-order valence-electron chi connectivity index (χ3n) is 1.89. The van der Waals surface area contributed by atoms with E-state index in [9.17, 15) is 0 Å². The van der Waals surface area contributed by atoms with Crippen molar-refractivity contribution in [3.05, 3.63) is 24.3 Å². The fraction of sp³-hybridized carbons (Fsp3) is 0.455. The highest BCUT2D eigenvalue weighted by Crippen LogP contribution is 2.54. The zero-order valence-electron chi connectivity index (χ0n) is 9.04. The van der Waals surface area contributed by atoms with E-state index in [1.165, 1.54) is 5.30 Å². The van der Waals surface area contributed by atoms with Gasteiger partial charge in [-0.15, -0.1) is 0 Å². The fourth-order valence-corrected chi connectivity index (χ4v) is 3.00. The van der Waals surface area contributed by atoms with Crippen molar-refractivity contribution >= 4 is 27.4 Å². The highest BCUT2D eigenvalue weighted by atomic mass is 79.9. The predicted molar refractivity (Wildman–Crippen MR) is 68.2 cm³/mol. The molecule has 0 aliphatic rings. The van der Waals surface area contributed by atoms with E-state index in [1.54, 1.807) is 7.11 Å². The van der Waals surface area contributed by atoms with Crippen LogP contribution in [-0.2, 0) is 0 Å². The Morgan fingerprint density at radius 3 is 2.00 bits per heavy atom. The Morgan fingerprint density at radius 2 is 1.64 bits per heavy atom. The SMILES string of the molecule is COc1ccc(P(Br)C(C)(C)C)cc1. The maximum atomic E-state index is 5.13. The molecule has 0 N–H and O–H groups in total. The lowest BCUT2D eigenvalue weighted by molar-refractivity contribution is 0.415. The van der Waals surface area contributed by atoms with Crippen LogP contribution in [0, 0.1) is 0 Å². The van der Waals surface area contributed by atoms with Crippen molar-refractivity contribution in [2.24, 2.45) is 0 Å². The summed E-state index contributed by atoms with van der Waals surface area (Å²) in [6, 6.07) is 8.28. The van der Waals surface area contributed by atoms with E-state index in [0.717, 1.165) is 5.75 Å². The van der Waals surface area contributed by atoms with Gasteiger partial charge in [0.1, 0.15) is 5.75 Å². The fourth-order valence-electron chi connectivity index (χ4n) is 1.10. The minimum absolute atomic E-state index is 0.277. The maximum Gasteiger partial charge on any atom is 0.118 e. The van der Waals surface area contributed by atoms with Crippen LogP contribution in [0.1, 0.15) is 20.8 Å². The Labute approximate surface area is 95.3 Å². The first-order chi connectivity index (χ1) is 6.45. The van der Waals surface area contributed by atoms with Crippen LogP contribution in [0.3, 0.4) is 0 Å². The minimum atomic E-state index is -0.277. The molecule has 1 nitrogen and oxygen atoms in total. The van der Waals surface area contributed by atoms with Crippen molar-refractivity contribution in [1.29, 1.82) is 0 Å². The molecular weight excluding hydrogens is 259 g/mol. The molecule has 1 rings (SSSR count). The molecule has 0 saturated carbocycles. The van der Waals surface area contributed by atoms with E-state index < -0.39 is 0 Å². The largest absolute Gasteiger partial charge is 0.497 e. The molecule has 1 aromatic carbocycles. The van der Waals surface area contributed by atoms with Gasteiger partial charge in [0, 0.05) is 6.62 Å². The smallest absolute Gasteiger partial charge is 0.118 e. The summed E-state index contributed by atoms with van der Waals surface area (Å²) in [4.78, 5) is 0. The Kier molecular flexibility index (Phi) is 3.97. The van der Waals surface area contributed by atoms with E-state index in [4.69, 9.17) is 4.74 Å². The summed E-state index contributed by atoms with van der Waals surface area (Å²) in [5.41, 5.74) is 0. The van der Waals surface area contributed by atoms with Gasteiger partial charge in [-0.25, -0.2) is 0 Å². The second kappa shape index (κ2) is 4.63. The summed E-state index contributed by atoms with van der Waals surface area (Å²) in [5.74, 6) is 0.915. The zero-order valence-corrected chi connectivity index (χ0v) is 11.5. The van der Waals surface area contributed by atoms with E-state index in [0.29, 0.717) is 5.16 Å². The lowest BCUT2D eigenvalue weighted by atomic mass is 10.3. The van der Waals surface area contributed by atoms with Crippen LogP contribution in [0.25, 0.3) is 0 Å². The number of hydrogen-bond donors (Lipinski definition) is 0. The molecule has 1 atom stereocenters. The Bertz CT molecular complexity index is 289. The van der Waals surface area contributed by atoms with Gasteiger partial charge < -0.3 is 4.74 Å². The first-order valence-corrected chi connectivity index (χ1v) is 7.91. The third kappa shape index (κ3) is 2.96. The number of methoxy groups -OCH3 is 1. The monoisotopic (exact) mass is 274 g/mol. The summed E-state index contributed by atoms with van der Waals surface area (Å²) in [7, 11) is 1.69. The van der Waals surface area contributed by atoms with Gasteiger partial charge in [-0.3, -0.25) is 0 Å². The zero-order chi connectivity index (χ0) is 10.8. The summed E-state index contributed by atoms with van der Waals surface area (Å²) < 4.78 is 5.13. The molecule has 0 fully saturated rings. The van der Waals surface area contributed by atoms with Gasteiger partial charge in [-0.05, 0) is 34.7 Å². The Morgan fingerprint density at radius 1 is 1.14 bits per heavy atom. The van der Waals surface area contributed by atoms with Crippen LogP contribution in [0.2, 0.25) is 0 Å². The molecule has 1 unspecified atom stereocenters. The van der Waals surface area contributed by atoms with Gasteiger partial charge in [-0.2, -0.15) is 0 Å². The van der Waals surface area contributed by atoms with Crippen molar-refractivity contribution in [2.45, 2.75) is 25.9 Å². The van der Waals surface area contributed by atoms with E-state index in [1.807, 2.05) is 12.1 Å². The van der Waals surface area contributed by atoms with Gasteiger partial charge in [0.15, 0.2) is 0 Å². The van der Waals surface area contributed by atoms with Gasteiger partial charge in [-0.1, -0.05) is 36.3 Å². The van der Waals surface area contributed by atoms with Gasteiger partial charge >= 0.3 is 0 Å². The number of rotatable bonds is 2. The van der Waals surface area contributed by atoms with E-state index in [-0.39, 0.29) is 6.62 Å². The third-order valence-corrected chi connectivity index (χ3v) is 8.24. The normalized spacial score (nSPS) is 13.8. The lowest BCUT2D eigenvalue weighted by Gasteiger charge is -2.25. The molecule has 0 aromatic heterocycles. The molecule has 1 aromatic rings. The van der Waals surface area contributed by atoms with Crippen molar-refractivity contribution < 1.29 is 4.74 Å². The van der Waals surface area contributed by atoms with Crippen molar-refractivity contribution in [1.82, 2.24) is 0 Å². The highest BCUT2D eigenvalue weighted by molar-refractivity contribution is 9.40. The first-order valence-electron chi connectivity index (χ1n) is 4.55. The second-order valence-electron chi connectivity index (χ2n) is 4.15. The number of ether oxygens (including phenoxy) is 1. The standard InChI is InChI=1S/C11H16BrOP/c1-11(2,3)14(12)10-7-5-9(13-4)6-8-10/h5-8H,1-4H3. The van der Waals surface area contributed by atoms with Crippen molar-refractivity contribution in [2.75, 3.05) is 7.11 Å². The summed E-state index contributed by atoms with van der Waals surface area (Å²) >= 11 is 3.78. The molecule has 0 radical (unpaired) electrons. The van der Waals surface area contributed by atoms with Crippen LogP contribution in [0.4, 0.5) is 0 Å². The quantitative estimate of drug-likeness (QED) is 0.743. The highest BCUT2D eigenvalue weighted by Gasteiger charge is 2.22. The molecule has 0 aliphatic heterocycles. The Hall–Kier alpha value is -0.0700. The average Bonchev–Trinajstić information content (AvgIpc) is 2.15. The molecule has 78 valence electrons. The summed E-state index contributed by atoms with van der Waals surface area (Å²) in [5, 5.41) is 1.65. The predicted octanol–water partition coefficient (Wildman–Crippen LogP) is 3.91. The van der Waals surface area contributed by atoms with Crippen LogP contribution < -0.4 is 10.0 Å². The molecule has 3 heteroatoms. The molecule has 14 heavy (non-hydrogen) atoms. The molecule has 0 amide bonds. The van der Waals surface area contributed by atoms with Gasteiger partial charge in [0.2, 0.25) is 0 Å². The Balaban J connectivity index is 2.87. The number of halogens is 1. The number of benzene rings is 1. The second-order valence-corrected chi connectivity index (χ2v) is 8.70. The number of hydrogen-bond acceptors (Lipinski definition) is 1. The topological polar surface area (TPSA) is 9.23 Å².